The summed E-state index contributed by atoms with van der Waals surface area (Å²) in [5.41, 5.74) is 0.832. The van der Waals surface area contributed by atoms with E-state index in [-0.39, 0.29) is 18.6 Å². The number of nitrogens with one attached hydrogen (secondary N) is 2. The molecule has 0 aliphatic carbocycles. The number of hydrogen-bond acceptors (Lipinski definition) is 3. The van der Waals surface area contributed by atoms with Crippen LogP contribution in [0.1, 0.15) is 33.3 Å². The molecule has 0 aliphatic rings. The van der Waals surface area contributed by atoms with Crippen LogP contribution in [-0.2, 0) is 11.3 Å². The van der Waals surface area contributed by atoms with Crippen molar-refractivity contribution in [3.8, 4) is 5.75 Å². The molecule has 0 aromatic heterocycles. The third-order valence-electron chi connectivity index (χ3n) is 2.58. The number of amides is 1. The van der Waals surface area contributed by atoms with Gasteiger partial charge in [0.1, 0.15) is 5.75 Å². The van der Waals surface area contributed by atoms with E-state index in [9.17, 15) is 4.79 Å². The minimum absolute atomic E-state index is 0.0730. The van der Waals surface area contributed by atoms with Gasteiger partial charge >= 0.3 is 0 Å². The zero-order valence-electron chi connectivity index (χ0n) is 12.8. The third-order valence-corrected chi connectivity index (χ3v) is 3.08. The normalized spacial score (nSPS) is 11.0. The summed E-state index contributed by atoms with van der Waals surface area (Å²) < 4.78 is 5.58. The summed E-state index contributed by atoms with van der Waals surface area (Å²) in [6, 6.07) is 3.79. The first-order valence-electron chi connectivity index (χ1n) is 6.93. The lowest BCUT2D eigenvalue weighted by molar-refractivity contribution is -0.123. The minimum atomic E-state index is -0.182. The Morgan fingerprint density at radius 2 is 1.86 bits per heavy atom. The first kappa shape index (κ1) is 18.1. The topological polar surface area (TPSA) is 50.4 Å². The molecule has 0 spiro atoms. The van der Waals surface area contributed by atoms with Gasteiger partial charge in [-0.05, 0) is 26.0 Å². The van der Waals surface area contributed by atoms with E-state index in [4.69, 9.17) is 27.9 Å². The maximum atomic E-state index is 11.7. The summed E-state index contributed by atoms with van der Waals surface area (Å²) in [4.78, 5) is 11.7. The van der Waals surface area contributed by atoms with Gasteiger partial charge in [-0.1, -0.05) is 37.0 Å². The molecule has 0 saturated carbocycles. The molecule has 0 bridgehead atoms. The first-order chi connectivity index (χ1) is 9.79. The maximum Gasteiger partial charge on any atom is 0.258 e. The average Bonchev–Trinajstić information content (AvgIpc) is 2.33. The molecule has 1 aromatic rings. The number of carbonyl (C=O) groups is 1. The van der Waals surface area contributed by atoms with Crippen molar-refractivity contribution < 1.29 is 9.53 Å². The molecule has 0 saturated heterocycles. The van der Waals surface area contributed by atoms with Crippen molar-refractivity contribution in [2.24, 2.45) is 0 Å². The largest absolute Gasteiger partial charge is 0.482 e. The Balaban J connectivity index is 2.81. The Morgan fingerprint density at radius 1 is 1.19 bits per heavy atom. The fraction of sp³-hybridized carbons (Fsp3) is 0.533. The molecule has 1 amide bonds. The number of rotatable bonds is 7. The highest BCUT2D eigenvalue weighted by Crippen LogP contribution is 2.32. The highest BCUT2D eigenvalue weighted by Gasteiger charge is 2.13. The van der Waals surface area contributed by atoms with Gasteiger partial charge in [0, 0.05) is 29.2 Å². The van der Waals surface area contributed by atoms with E-state index >= 15 is 0 Å². The number of carbonyl (C=O) groups excluding carboxylic acids is 1. The molecular formula is C15H22Cl2N2O2. The predicted octanol–water partition coefficient (Wildman–Crippen LogP) is 3.39. The van der Waals surface area contributed by atoms with E-state index in [0.29, 0.717) is 28.4 Å². The lowest BCUT2D eigenvalue weighted by Gasteiger charge is -2.16. The zero-order valence-corrected chi connectivity index (χ0v) is 14.3. The monoisotopic (exact) mass is 332 g/mol. The van der Waals surface area contributed by atoms with Crippen molar-refractivity contribution in [1.82, 2.24) is 10.6 Å². The molecule has 0 fully saturated rings. The Labute approximate surface area is 136 Å². The summed E-state index contributed by atoms with van der Waals surface area (Å²) in [6.45, 7) is 8.37. The van der Waals surface area contributed by atoms with Crippen LogP contribution in [0.5, 0.6) is 5.75 Å². The van der Waals surface area contributed by atoms with Crippen LogP contribution in [0.15, 0.2) is 12.1 Å². The Kier molecular flexibility index (Phi) is 7.29. The summed E-state index contributed by atoms with van der Waals surface area (Å²) in [7, 11) is 0. The predicted molar refractivity (Wildman–Crippen MR) is 87.2 cm³/mol. The van der Waals surface area contributed by atoms with Gasteiger partial charge in [-0.2, -0.15) is 0 Å². The van der Waals surface area contributed by atoms with Crippen molar-refractivity contribution >= 4 is 29.1 Å². The second-order valence-electron chi connectivity index (χ2n) is 5.42. The second-order valence-corrected chi connectivity index (χ2v) is 6.27. The molecule has 118 valence electrons. The van der Waals surface area contributed by atoms with Gasteiger partial charge in [0.15, 0.2) is 6.61 Å². The summed E-state index contributed by atoms with van der Waals surface area (Å²) in [6.07, 6.45) is 0. The average molecular weight is 333 g/mol. The van der Waals surface area contributed by atoms with Crippen LogP contribution < -0.4 is 15.4 Å². The van der Waals surface area contributed by atoms with E-state index in [0.717, 1.165) is 5.56 Å². The fourth-order valence-corrected chi connectivity index (χ4v) is 2.31. The molecule has 1 rings (SSSR count). The molecular weight excluding hydrogens is 311 g/mol. The highest BCUT2D eigenvalue weighted by molar-refractivity contribution is 6.35. The maximum absolute atomic E-state index is 11.7. The van der Waals surface area contributed by atoms with Crippen molar-refractivity contribution in [2.45, 2.75) is 46.3 Å². The Morgan fingerprint density at radius 3 is 2.43 bits per heavy atom. The third kappa shape index (κ3) is 6.55. The number of hydrogen-bond donors (Lipinski definition) is 2. The van der Waals surface area contributed by atoms with E-state index in [1.165, 1.54) is 0 Å². The van der Waals surface area contributed by atoms with Crippen molar-refractivity contribution in [3.05, 3.63) is 27.7 Å². The van der Waals surface area contributed by atoms with Gasteiger partial charge in [-0.15, -0.1) is 0 Å². The Bertz CT molecular complexity index is 491. The quantitative estimate of drug-likeness (QED) is 0.804. The number of halogens is 2. The van der Waals surface area contributed by atoms with Gasteiger partial charge < -0.3 is 15.4 Å². The van der Waals surface area contributed by atoms with Crippen LogP contribution >= 0.6 is 23.2 Å². The molecule has 21 heavy (non-hydrogen) atoms. The summed E-state index contributed by atoms with van der Waals surface area (Å²) in [5.74, 6) is 0.312. The molecule has 0 unspecified atom stereocenters. The van der Waals surface area contributed by atoms with E-state index in [1.54, 1.807) is 12.1 Å². The molecule has 0 atom stereocenters. The molecule has 0 radical (unpaired) electrons. The lowest BCUT2D eigenvalue weighted by atomic mass is 10.2. The molecule has 2 N–H and O–H groups in total. The van der Waals surface area contributed by atoms with Gasteiger partial charge in [0.25, 0.3) is 5.91 Å². The standard InChI is InChI=1S/C15H22Cl2N2O2/c1-9(2)18-7-11-5-12(16)6-13(17)15(11)21-8-14(20)19-10(3)4/h5-6,9-10,18H,7-8H2,1-4H3,(H,19,20). The van der Waals surface area contributed by atoms with Crippen LogP contribution in [0.2, 0.25) is 10.0 Å². The van der Waals surface area contributed by atoms with Gasteiger partial charge in [-0.25, -0.2) is 0 Å². The van der Waals surface area contributed by atoms with Gasteiger partial charge in [0.05, 0.1) is 5.02 Å². The number of ether oxygens (including phenoxy) is 1. The van der Waals surface area contributed by atoms with Crippen LogP contribution in [0.3, 0.4) is 0 Å². The smallest absolute Gasteiger partial charge is 0.258 e. The fourth-order valence-electron chi connectivity index (χ4n) is 1.72. The SMILES string of the molecule is CC(C)NCc1cc(Cl)cc(Cl)c1OCC(=O)NC(C)C. The summed E-state index contributed by atoms with van der Waals surface area (Å²) >= 11 is 12.2. The molecule has 0 heterocycles. The molecule has 4 nitrogen and oxygen atoms in total. The van der Waals surface area contributed by atoms with Gasteiger partial charge in [0.2, 0.25) is 0 Å². The highest BCUT2D eigenvalue weighted by atomic mass is 35.5. The molecule has 0 aliphatic heterocycles. The van der Waals surface area contributed by atoms with Crippen LogP contribution in [-0.4, -0.2) is 24.6 Å². The van der Waals surface area contributed by atoms with E-state index in [2.05, 4.69) is 10.6 Å². The van der Waals surface area contributed by atoms with Crippen molar-refractivity contribution in [2.75, 3.05) is 6.61 Å². The van der Waals surface area contributed by atoms with Crippen LogP contribution in [0.25, 0.3) is 0 Å². The molecule has 1 aromatic carbocycles. The van der Waals surface area contributed by atoms with Crippen molar-refractivity contribution in [1.29, 1.82) is 0 Å². The van der Waals surface area contributed by atoms with Crippen LogP contribution in [0.4, 0.5) is 0 Å². The zero-order chi connectivity index (χ0) is 16.0. The lowest BCUT2D eigenvalue weighted by Crippen LogP contribution is -2.34. The van der Waals surface area contributed by atoms with E-state index in [1.807, 2.05) is 27.7 Å². The van der Waals surface area contributed by atoms with E-state index < -0.39 is 0 Å². The van der Waals surface area contributed by atoms with Crippen LogP contribution in [0, 0.1) is 0 Å². The number of benzene rings is 1. The first-order valence-corrected chi connectivity index (χ1v) is 7.68. The minimum Gasteiger partial charge on any atom is -0.482 e. The van der Waals surface area contributed by atoms with Gasteiger partial charge in [-0.3, -0.25) is 4.79 Å². The summed E-state index contributed by atoms with van der Waals surface area (Å²) in [5, 5.41) is 6.99. The molecule has 6 heteroatoms. The second kappa shape index (κ2) is 8.47. The van der Waals surface area contributed by atoms with Crippen molar-refractivity contribution in [3.63, 3.8) is 0 Å². The Hall–Kier alpha value is -0.970.